The predicted molar refractivity (Wildman–Crippen MR) is 77.0 cm³/mol. The normalized spacial score (nSPS) is 18.8. The highest BCUT2D eigenvalue weighted by Crippen LogP contribution is 2.25. The summed E-state index contributed by atoms with van der Waals surface area (Å²) >= 11 is 0. The summed E-state index contributed by atoms with van der Waals surface area (Å²) in [6.07, 6.45) is 4.59. The molecule has 1 aliphatic rings. The van der Waals surface area contributed by atoms with Gasteiger partial charge in [0.1, 0.15) is 0 Å². The zero-order valence-electron chi connectivity index (χ0n) is 11.8. The third-order valence-electron chi connectivity index (χ3n) is 3.79. The number of carbonyl (C=O) groups is 1. The van der Waals surface area contributed by atoms with Gasteiger partial charge in [0.15, 0.2) is 11.5 Å². The van der Waals surface area contributed by atoms with Crippen molar-refractivity contribution in [2.45, 2.75) is 31.7 Å². The van der Waals surface area contributed by atoms with Gasteiger partial charge in [0.2, 0.25) is 0 Å². The summed E-state index contributed by atoms with van der Waals surface area (Å²) in [4.78, 5) is 13.8. The molecule has 1 aliphatic heterocycles. The summed E-state index contributed by atoms with van der Waals surface area (Å²) in [5, 5.41) is 22.1. The number of aromatic hydroxyl groups is 2. The van der Waals surface area contributed by atoms with Crippen molar-refractivity contribution in [2.24, 2.45) is 0 Å². The van der Waals surface area contributed by atoms with Crippen LogP contribution in [0.25, 0.3) is 0 Å². The number of phenols is 2. The number of nitrogens with zero attached hydrogens (tertiary/aromatic N) is 1. The third-order valence-corrected chi connectivity index (χ3v) is 3.79. The van der Waals surface area contributed by atoms with Gasteiger partial charge in [-0.2, -0.15) is 0 Å². The zero-order chi connectivity index (χ0) is 14.5. The van der Waals surface area contributed by atoms with Gasteiger partial charge in [0, 0.05) is 25.2 Å². The van der Waals surface area contributed by atoms with E-state index < -0.39 is 0 Å². The molecule has 0 spiro atoms. The van der Waals surface area contributed by atoms with E-state index in [2.05, 4.69) is 5.32 Å². The molecule has 20 heavy (non-hydrogen) atoms. The molecule has 1 heterocycles. The Labute approximate surface area is 119 Å². The van der Waals surface area contributed by atoms with Crippen LogP contribution in [-0.4, -0.2) is 47.2 Å². The van der Waals surface area contributed by atoms with Gasteiger partial charge in [-0.3, -0.25) is 4.79 Å². The van der Waals surface area contributed by atoms with Crippen molar-refractivity contribution in [1.82, 2.24) is 10.2 Å². The Bertz CT molecular complexity index is 470. The van der Waals surface area contributed by atoms with E-state index in [1.54, 1.807) is 11.9 Å². The van der Waals surface area contributed by atoms with Crippen LogP contribution < -0.4 is 5.32 Å². The van der Waals surface area contributed by atoms with E-state index in [4.69, 9.17) is 0 Å². The first-order chi connectivity index (χ1) is 9.58. The summed E-state index contributed by atoms with van der Waals surface area (Å²) in [7, 11) is 1.76. The SMILES string of the molecule is CN(CCC1CCCCN1)C(=O)c1ccc(O)c(O)c1. The Morgan fingerprint density at radius 2 is 2.15 bits per heavy atom. The second kappa shape index (κ2) is 6.61. The lowest BCUT2D eigenvalue weighted by atomic mass is 10.0. The summed E-state index contributed by atoms with van der Waals surface area (Å²) < 4.78 is 0. The lowest BCUT2D eigenvalue weighted by molar-refractivity contribution is 0.0787. The van der Waals surface area contributed by atoms with E-state index in [1.807, 2.05) is 0 Å². The molecule has 1 fully saturated rings. The van der Waals surface area contributed by atoms with E-state index >= 15 is 0 Å². The summed E-state index contributed by atoms with van der Waals surface area (Å²) in [6, 6.07) is 4.64. The van der Waals surface area contributed by atoms with Crippen LogP contribution in [-0.2, 0) is 0 Å². The van der Waals surface area contributed by atoms with Crippen molar-refractivity contribution in [3.8, 4) is 11.5 Å². The third kappa shape index (κ3) is 3.63. The fraction of sp³-hybridized carbons (Fsp3) is 0.533. The van der Waals surface area contributed by atoms with Crippen molar-refractivity contribution in [3.63, 3.8) is 0 Å². The molecular weight excluding hydrogens is 256 g/mol. The molecular formula is C15H22N2O3. The van der Waals surface area contributed by atoms with Crippen LogP contribution in [0.5, 0.6) is 11.5 Å². The van der Waals surface area contributed by atoms with Crippen molar-refractivity contribution in [3.05, 3.63) is 23.8 Å². The molecule has 110 valence electrons. The first kappa shape index (κ1) is 14.7. The molecule has 1 aromatic carbocycles. The maximum absolute atomic E-state index is 12.2. The first-order valence-corrected chi connectivity index (χ1v) is 7.09. The van der Waals surface area contributed by atoms with Gasteiger partial charge in [0.05, 0.1) is 0 Å². The fourth-order valence-corrected chi connectivity index (χ4v) is 2.50. The highest BCUT2D eigenvalue weighted by atomic mass is 16.3. The average Bonchev–Trinajstić information content (AvgIpc) is 2.48. The minimum absolute atomic E-state index is 0.142. The Balaban J connectivity index is 1.89. The number of carbonyl (C=O) groups excluding carboxylic acids is 1. The monoisotopic (exact) mass is 278 g/mol. The average molecular weight is 278 g/mol. The number of phenolic OH excluding ortho intramolecular Hbond substituents is 2. The van der Waals surface area contributed by atoms with Gasteiger partial charge < -0.3 is 20.4 Å². The molecule has 5 heteroatoms. The molecule has 2 rings (SSSR count). The smallest absolute Gasteiger partial charge is 0.253 e. The summed E-state index contributed by atoms with van der Waals surface area (Å²) in [5.74, 6) is -0.620. The van der Waals surface area contributed by atoms with Crippen LogP contribution in [0.2, 0.25) is 0 Å². The second-order valence-electron chi connectivity index (χ2n) is 5.37. The Morgan fingerprint density at radius 3 is 2.80 bits per heavy atom. The zero-order valence-corrected chi connectivity index (χ0v) is 11.8. The number of amides is 1. The maximum atomic E-state index is 12.2. The number of benzene rings is 1. The number of hydrogen-bond donors (Lipinski definition) is 3. The quantitative estimate of drug-likeness (QED) is 0.733. The van der Waals surface area contributed by atoms with Crippen molar-refractivity contribution in [1.29, 1.82) is 0 Å². The van der Waals surface area contributed by atoms with E-state index in [0.29, 0.717) is 18.2 Å². The van der Waals surface area contributed by atoms with Crippen LogP contribution in [0.4, 0.5) is 0 Å². The molecule has 1 unspecified atom stereocenters. The van der Waals surface area contributed by atoms with Gasteiger partial charge in [-0.1, -0.05) is 6.42 Å². The molecule has 1 amide bonds. The van der Waals surface area contributed by atoms with E-state index in [0.717, 1.165) is 13.0 Å². The fourth-order valence-electron chi connectivity index (χ4n) is 2.50. The lowest BCUT2D eigenvalue weighted by Gasteiger charge is -2.26. The molecule has 0 bridgehead atoms. The Kier molecular flexibility index (Phi) is 4.84. The maximum Gasteiger partial charge on any atom is 0.253 e. The molecule has 0 radical (unpaired) electrons. The Hall–Kier alpha value is -1.75. The molecule has 0 aromatic heterocycles. The summed E-state index contributed by atoms with van der Waals surface area (Å²) in [6.45, 7) is 1.74. The van der Waals surface area contributed by atoms with Crippen molar-refractivity contribution >= 4 is 5.91 Å². The molecule has 1 saturated heterocycles. The number of nitrogens with one attached hydrogen (secondary N) is 1. The van der Waals surface area contributed by atoms with Gasteiger partial charge in [-0.25, -0.2) is 0 Å². The molecule has 1 aromatic rings. The predicted octanol–water partition coefficient (Wildman–Crippen LogP) is 1.70. The topological polar surface area (TPSA) is 72.8 Å². The van der Waals surface area contributed by atoms with Crippen LogP contribution in [0.15, 0.2) is 18.2 Å². The van der Waals surface area contributed by atoms with Crippen LogP contribution in [0.1, 0.15) is 36.0 Å². The largest absolute Gasteiger partial charge is 0.504 e. The molecule has 1 atom stereocenters. The van der Waals surface area contributed by atoms with E-state index in [9.17, 15) is 15.0 Å². The lowest BCUT2D eigenvalue weighted by Crippen LogP contribution is -2.38. The molecule has 5 nitrogen and oxygen atoms in total. The van der Waals surface area contributed by atoms with Crippen molar-refractivity contribution in [2.75, 3.05) is 20.1 Å². The molecule has 0 saturated carbocycles. The van der Waals surface area contributed by atoms with Gasteiger partial charge >= 0.3 is 0 Å². The minimum atomic E-state index is -0.266. The van der Waals surface area contributed by atoms with E-state index in [1.165, 1.54) is 37.5 Å². The van der Waals surface area contributed by atoms with Crippen LogP contribution in [0.3, 0.4) is 0 Å². The van der Waals surface area contributed by atoms with Crippen LogP contribution >= 0.6 is 0 Å². The van der Waals surface area contributed by atoms with Gasteiger partial charge in [-0.15, -0.1) is 0 Å². The highest BCUT2D eigenvalue weighted by Gasteiger charge is 2.17. The number of rotatable bonds is 4. The first-order valence-electron chi connectivity index (χ1n) is 7.09. The molecule has 0 aliphatic carbocycles. The number of hydrogen-bond acceptors (Lipinski definition) is 4. The molecule has 3 N–H and O–H groups in total. The standard InChI is InChI=1S/C15H22N2O3/c1-17(9-7-12-4-2-3-8-16-12)15(20)11-5-6-13(18)14(19)10-11/h5-6,10,12,16,18-19H,2-4,7-9H2,1H3. The van der Waals surface area contributed by atoms with Crippen LogP contribution in [0, 0.1) is 0 Å². The van der Waals surface area contributed by atoms with Gasteiger partial charge in [-0.05, 0) is 44.0 Å². The minimum Gasteiger partial charge on any atom is -0.504 e. The van der Waals surface area contributed by atoms with Gasteiger partial charge in [0.25, 0.3) is 5.91 Å². The van der Waals surface area contributed by atoms with Crippen molar-refractivity contribution < 1.29 is 15.0 Å². The Morgan fingerprint density at radius 1 is 1.35 bits per heavy atom. The number of piperidine rings is 1. The summed E-state index contributed by atoms with van der Waals surface area (Å²) in [5.41, 5.74) is 0.388. The second-order valence-corrected chi connectivity index (χ2v) is 5.37. The highest BCUT2D eigenvalue weighted by molar-refractivity contribution is 5.94. The van der Waals surface area contributed by atoms with E-state index in [-0.39, 0.29) is 17.4 Å².